The standard InChI is InChI=1S/C32H42ClN7O2/c1-4-27(41)38-11-6-23(7-12-38)40-22(3)28(29-25-20-34-35-26(25)18-21(2)30(29)33)31(36-40)39-13-8-24(19-32(39)9-5-10-32)37-14-16-42-17-15-37/h4,18,20,23-24H,1,5-17,19H2,2-3H3,(H,34,35). The molecular weight excluding hydrogens is 550 g/mol. The maximum absolute atomic E-state index is 12.3. The molecular formula is C32H42ClN7O2. The smallest absolute Gasteiger partial charge is 0.245 e. The monoisotopic (exact) mass is 591 g/mol. The number of aromatic nitrogens is 4. The number of nitrogens with one attached hydrogen (secondary N) is 1. The van der Waals surface area contributed by atoms with Crippen molar-refractivity contribution in [3.05, 3.63) is 41.2 Å². The van der Waals surface area contributed by atoms with Crippen molar-refractivity contribution in [2.45, 2.75) is 76.4 Å². The lowest BCUT2D eigenvalue weighted by atomic mass is 9.68. The van der Waals surface area contributed by atoms with E-state index in [0.717, 1.165) is 96.2 Å². The Morgan fingerprint density at radius 1 is 1.10 bits per heavy atom. The largest absolute Gasteiger partial charge is 0.379 e. The Labute approximate surface area is 252 Å². The molecule has 0 radical (unpaired) electrons. The SMILES string of the molecule is C=CC(=O)N1CCC(n2nc(N3CCC(N4CCOCC4)CC34CCC4)c(-c3c(Cl)c(C)cc4[nH]ncc34)c2C)CC1. The number of nitrogens with zero attached hydrogens (tertiary/aromatic N) is 6. The van der Waals surface area contributed by atoms with Crippen LogP contribution < -0.4 is 4.90 Å². The van der Waals surface area contributed by atoms with Crippen molar-refractivity contribution in [3.63, 3.8) is 0 Å². The van der Waals surface area contributed by atoms with Crippen LogP contribution in [0.5, 0.6) is 0 Å². The number of likely N-dealkylation sites (tertiary alicyclic amines) is 1. The first-order chi connectivity index (χ1) is 20.4. The summed E-state index contributed by atoms with van der Waals surface area (Å²) in [5.41, 5.74) is 5.44. The number of anilines is 1. The number of fused-ring (bicyclic) bond motifs is 1. The Morgan fingerprint density at radius 2 is 1.83 bits per heavy atom. The second-order valence-corrected chi connectivity index (χ2v) is 13.1. The number of carbonyl (C=O) groups excluding carboxylic acids is 1. The van der Waals surface area contributed by atoms with E-state index in [0.29, 0.717) is 19.1 Å². The van der Waals surface area contributed by atoms with Crippen LogP contribution in [0.2, 0.25) is 5.02 Å². The third-order valence-electron chi connectivity index (χ3n) is 10.5. The fraction of sp³-hybridized carbons (Fsp3) is 0.594. The van der Waals surface area contributed by atoms with Crippen LogP contribution in [-0.2, 0) is 9.53 Å². The van der Waals surface area contributed by atoms with Gasteiger partial charge in [-0.05, 0) is 76.5 Å². The van der Waals surface area contributed by atoms with Crippen LogP contribution >= 0.6 is 11.6 Å². The lowest BCUT2D eigenvalue weighted by Gasteiger charge is -2.57. The Bertz CT molecular complexity index is 1490. The average Bonchev–Trinajstić information content (AvgIpc) is 3.60. The van der Waals surface area contributed by atoms with E-state index in [1.165, 1.54) is 31.8 Å². The van der Waals surface area contributed by atoms with E-state index in [1.54, 1.807) is 0 Å². The summed E-state index contributed by atoms with van der Waals surface area (Å²) in [5.74, 6) is 1.07. The number of morpholine rings is 1. The highest BCUT2D eigenvalue weighted by atomic mass is 35.5. The molecule has 1 aromatic carbocycles. The number of amides is 1. The lowest BCUT2D eigenvalue weighted by Crippen LogP contribution is -2.63. The first kappa shape index (κ1) is 27.9. The minimum Gasteiger partial charge on any atom is -0.379 e. The van der Waals surface area contributed by atoms with Gasteiger partial charge in [-0.15, -0.1) is 0 Å². The molecule has 5 heterocycles. The van der Waals surface area contributed by atoms with E-state index >= 15 is 0 Å². The molecule has 2 aromatic heterocycles. The van der Waals surface area contributed by atoms with Gasteiger partial charge in [0.25, 0.3) is 0 Å². The Hall–Kier alpha value is -2.88. The highest BCUT2D eigenvalue weighted by molar-refractivity contribution is 6.36. The van der Waals surface area contributed by atoms with Gasteiger partial charge in [-0.1, -0.05) is 18.2 Å². The highest BCUT2D eigenvalue weighted by Crippen LogP contribution is 2.52. The molecule has 1 spiro atoms. The van der Waals surface area contributed by atoms with Gasteiger partial charge in [0, 0.05) is 66.5 Å². The zero-order valence-corrected chi connectivity index (χ0v) is 25.6. The number of benzene rings is 1. The fourth-order valence-corrected chi connectivity index (χ4v) is 8.31. The molecule has 7 rings (SSSR count). The van der Waals surface area contributed by atoms with Gasteiger partial charge >= 0.3 is 0 Å². The number of carbonyl (C=O) groups is 1. The molecule has 1 saturated carbocycles. The summed E-state index contributed by atoms with van der Waals surface area (Å²) in [6.07, 6.45) is 11.0. The number of hydrogen-bond donors (Lipinski definition) is 1. The summed E-state index contributed by atoms with van der Waals surface area (Å²) in [7, 11) is 0. The number of H-pyrrole nitrogens is 1. The van der Waals surface area contributed by atoms with Crippen molar-refractivity contribution in [3.8, 4) is 11.1 Å². The van der Waals surface area contributed by atoms with Crippen LogP contribution in [-0.4, -0.2) is 93.2 Å². The molecule has 9 nitrogen and oxygen atoms in total. The first-order valence-corrected chi connectivity index (χ1v) is 16.0. The van der Waals surface area contributed by atoms with Gasteiger partial charge < -0.3 is 14.5 Å². The molecule has 1 unspecified atom stereocenters. The number of aromatic amines is 1. The summed E-state index contributed by atoms with van der Waals surface area (Å²) in [4.78, 5) is 19.5. The van der Waals surface area contributed by atoms with Crippen LogP contribution in [0.4, 0.5) is 5.82 Å². The van der Waals surface area contributed by atoms with Gasteiger partial charge in [0.2, 0.25) is 5.91 Å². The number of halogens is 1. The first-order valence-electron chi connectivity index (χ1n) is 15.6. The maximum Gasteiger partial charge on any atom is 0.245 e. The van der Waals surface area contributed by atoms with Crippen molar-refractivity contribution in [2.75, 3.05) is 50.8 Å². The molecule has 224 valence electrons. The molecule has 3 saturated heterocycles. The molecule has 10 heteroatoms. The third kappa shape index (κ3) is 4.55. The Balaban J connectivity index is 1.32. The van der Waals surface area contributed by atoms with E-state index in [9.17, 15) is 4.79 Å². The van der Waals surface area contributed by atoms with Crippen LogP contribution in [0, 0.1) is 13.8 Å². The van der Waals surface area contributed by atoms with E-state index in [4.69, 9.17) is 21.4 Å². The van der Waals surface area contributed by atoms with E-state index < -0.39 is 0 Å². The topological polar surface area (TPSA) is 82.5 Å². The molecule has 1 amide bonds. The van der Waals surface area contributed by atoms with Crippen molar-refractivity contribution < 1.29 is 9.53 Å². The highest BCUT2D eigenvalue weighted by Gasteiger charge is 2.50. The molecule has 1 aliphatic carbocycles. The molecule has 3 aliphatic heterocycles. The zero-order valence-electron chi connectivity index (χ0n) is 24.9. The summed E-state index contributed by atoms with van der Waals surface area (Å²) < 4.78 is 7.93. The quantitative estimate of drug-likeness (QED) is 0.407. The average molecular weight is 592 g/mol. The van der Waals surface area contributed by atoms with Gasteiger partial charge in [0.05, 0.1) is 36.0 Å². The molecule has 4 aliphatic rings. The molecule has 0 bridgehead atoms. The fourth-order valence-electron chi connectivity index (χ4n) is 8.06. The van der Waals surface area contributed by atoms with Gasteiger partial charge in [-0.25, -0.2) is 0 Å². The van der Waals surface area contributed by atoms with Gasteiger partial charge in [-0.3, -0.25) is 19.5 Å². The zero-order chi connectivity index (χ0) is 29.0. The molecule has 1 N–H and O–H groups in total. The van der Waals surface area contributed by atoms with Crippen molar-refractivity contribution in [2.24, 2.45) is 0 Å². The number of hydrogen-bond acceptors (Lipinski definition) is 6. The molecule has 1 atom stereocenters. The lowest BCUT2D eigenvalue weighted by molar-refractivity contribution is -0.127. The van der Waals surface area contributed by atoms with Crippen LogP contribution in [0.3, 0.4) is 0 Å². The molecule has 42 heavy (non-hydrogen) atoms. The van der Waals surface area contributed by atoms with Crippen LogP contribution in [0.25, 0.3) is 22.0 Å². The van der Waals surface area contributed by atoms with Crippen LogP contribution in [0.15, 0.2) is 24.9 Å². The number of aryl methyl sites for hydroxylation is 1. The molecule has 3 aromatic rings. The van der Waals surface area contributed by atoms with E-state index in [2.05, 4.69) is 51.2 Å². The summed E-state index contributed by atoms with van der Waals surface area (Å²) >= 11 is 7.19. The predicted octanol–water partition coefficient (Wildman–Crippen LogP) is 5.27. The Kier molecular flexibility index (Phi) is 7.31. The second kappa shape index (κ2) is 11.0. The van der Waals surface area contributed by atoms with Gasteiger partial charge in [0.1, 0.15) is 0 Å². The minimum absolute atomic E-state index is 0.0102. The number of rotatable bonds is 5. The summed E-state index contributed by atoms with van der Waals surface area (Å²) in [5, 5.41) is 14.9. The number of ether oxygens (including phenoxy) is 1. The minimum atomic E-state index is 0.0102. The second-order valence-electron chi connectivity index (χ2n) is 12.7. The van der Waals surface area contributed by atoms with E-state index in [1.807, 2.05) is 11.1 Å². The third-order valence-corrected chi connectivity index (χ3v) is 11.0. The Morgan fingerprint density at radius 3 is 2.52 bits per heavy atom. The normalized spacial score (nSPS) is 23.5. The van der Waals surface area contributed by atoms with Crippen molar-refractivity contribution in [1.29, 1.82) is 0 Å². The molecule has 4 fully saturated rings. The van der Waals surface area contributed by atoms with E-state index in [-0.39, 0.29) is 17.5 Å². The van der Waals surface area contributed by atoms with Crippen LogP contribution in [0.1, 0.15) is 62.2 Å². The van der Waals surface area contributed by atoms with Gasteiger partial charge in [0.15, 0.2) is 5.82 Å². The van der Waals surface area contributed by atoms with Crippen molar-refractivity contribution >= 4 is 34.2 Å². The predicted molar refractivity (Wildman–Crippen MR) is 166 cm³/mol. The van der Waals surface area contributed by atoms with Crippen molar-refractivity contribution in [1.82, 2.24) is 29.8 Å². The van der Waals surface area contributed by atoms with Gasteiger partial charge in [-0.2, -0.15) is 10.2 Å². The summed E-state index contributed by atoms with van der Waals surface area (Å²) in [6.45, 7) is 14.1. The number of piperidine rings is 2. The summed E-state index contributed by atoms with van der Waals surface area (Å²) in [6, 6.07) is 2.89. The maximum atomic E-state index is 12.3.